The highest BCUT2D eigenvalue weighted by Crippen LogP contribution is 2.37. The fraction of sp³-hybridized carbons (Fsp3) is 0.281. The van der Waals surface area contributed by atoms with Crippen LogP contribution >= 0.6 is 12.6 Å². The van der Waals surface area contributed by atoms with E-state index in [-0.39, 0.29) is 17.1 Å². The van der Waals surface area contributed by atoms with Crippen LogP contribution in [0, 0.1) is 0 Å². The van der Waals surface area contributed by atoms with Crippen molar-refractivity contribution in [1.29, 1.82) is 0 Å². The first-order valence-corrected chi connectivity index (χ1v) is 13.4. The van der Waals surface area contributed by atoms with Gasteiger partial charge in [0, 0.05) is 44.3 Å². The largest absolute Gasteiger partial charge is 0.489 e. The van der Waals surface area contributed by atoms with E-state index in [1.165, 1.54) is 0 Å². The number of para-hydroxylation sites is 2. The topological polar surface area (TPSA) is 87.8 Å². The van der Waals surface area contributed by atoms with E-state index >= 15 is 0 Å². The van der Waals surface area contributed by atoms with Crippen LogP contribution in [0.4, 0.5) is 0 Å². The molecule has 0 aliphatic rings. The van der Waals surface area contributed by atoms with Crippen molar-refractivity contribution >= 4 is 40.5 Å². The third-order valence-corrected chi connectivity index (χ3v) is 5.81. The van der Waals surface area contributed by atoms with Crippen molar-refractivity contribution in [1.82, 2.24) is 0 Å². The SMILES string of the molecule is CC(C)(C)S.CCOC(=O)Cc1ccccc1OCc1cc(-c2cccc3c(CN)coc23)c2occc2c1. The molecule has 0 amide bonds. The number of hydrogen-bond acceptors (Lipinski definition) is 7. The molecule has 0 aliphatic carbocycles. The third kappa shape index (κ3) is 7.25. The van der Waals surface area contributed by atoms with E-state index < -0.39 is 0 Å². The van der Waals surface area contributed by atoms with Gasteiger partial charge >= 0.3 is 5.97 Å². The van der Waals surface area contributed by atoms with Gasteiger partial charge in [0.25, 0.3) is 0 Å². The van der Waals surface area contributed by atoms with Gasteiger partial charge in [0.15, 0.2) is 0 Å². The Kier molecular flexibility index (Phi) is 9.04. The van der Waals surface area contributed by atoms with Gasteiger partial charge in [0.05, 0.1) is 25.6 Å². The lowest BCUT2D eigenvalue weighted by molar-refractivity contribution is -0.142. The average Bonchev–Trinajstić information content (AvgIpc) is 3.53. The van der Waals surface area contributed by atoms with Crippen LogP contribution in [-0.4, -0.2) is 17.3 Å². The Morgan fingerprint density at radius 1 is 0.949 bits per heavy atom. The predicted molar refractivity (Wildman–Crippen MR) is 159 cm³/mol. The second-order valence-electron chi connectivity index (χ2n) is 10.2. The summed E-state index contributed by atoms with van der Waals surface area (Å²) >= 11 is 4.12. The molecule has 7 heteroatoms. The number of esters is 1. The summed E-state index contributed by atoms with van der Waals surface area (Å²) in [7, 11) is 0. The summed E-state index contributed by atoms with van der Waals surface area (Å²) in [5.41, 5.74) is 12.0. The molecular weight excluding hydrogens is 510 g/mol. The molecule has 39 heavy (non-hydrogen) atoms. The zero-order valence-corrected chi connectivity index (χ0v) is 23.7. The van der Waals surface area contributed by atoms with Crippen LogP contribution in [0.3, 0.4) is 0 Å². The van der Waals surface area contributed by atoms with Crippen LogP contribution in [0.1, 0.15) is 44.4 Å². The molecule has 5 aromatic rings. The molecule has 0 saturated carbocycles. The van der Waals surface area contributed by atoms with E-state index in [1.807, 2.05) is 54.6 Å². The van der Waals surface area contributed by atoms with Crippen molar-refractivity contribution in [3.05, 3.63) is 89.9 Å². The highest BCUT2D eigenvalue weighted by Gasteiger charge is 2.16. The highest BCUT2D eigenvalue weighted by atomic mass is 32.1. The van der Waals surface area contributed by atoms with Crippen LogP contribution in [-0.2, 0) is 29.1 Å². The summed E-state index contributed by atoms with van der Waals surface area (Å²) in [5, 5.41) is 1.97. The molecule has 2 N–H and O–H groups in total. The maximum atomic E-state index is 12.0. The van der Waals surface area contributed by atoms with Gasteiger partial charge in [-0.1, -0.05) is 57.2 Å². The highest BCUT2D eigenvalue weighted by molar-refractivity contribution is 7.81. The summed E-state index contributed by atoms with van der Waals surface area (Å²) in [6, 6.07) is 19.6. The predicted octanol–water partition coefficient (Wildman–Crippen LogP) is 7.70. The fourth-order valence-corrected chi connectivity index (χ4v) is 4.23. The molecule has 0 fully saturated rings. The Morgan fingerprint density at radius 3 is 2.46 bits per heavy atom. The molecule has 0 atom stereocenters. The van der Waals surface area contributed by atoms with E-state index in [0.717, 1.165) is 49.8 Å². The lowest BCUT2D eigenvalue weighted by Gasteiger charge is -2.13. The standard InChI is InChI=1S/C28H25NO5.C4H10S/c1-2-31-26(30)14-19-6-3-4-9-25(19)33-16-18-12-20-10-11-32-27(20)24(13-18)23-8-5-7-22-21(15-29)17-34-28(22)23;1-4(2,3)5/h3-13,17H,2,14-16,29H2,1H3;5H,1-3H3. The van der Waals surface area contributed by atoms with Crippen LogP contribution in [0.15, 0.2) is 82.0 Å². The lowest BCUT2D eigenvalue weighted by atomic mass is 9.98. The van der Waals surface area contributed by atoms with Crippen molar-refractivity contribution in [2.24, 2.45) is 5.73 Å². The summed E-state index contributed by atoms with van der Waals surface area (Å²) < 4.78 is 23.2. The van der Waals surface area contributed by atoms with E-state index in [9.17, 15) is 4.79 Å². The van der Waals surface area contributed by atoms with Crippen LogP contribution < -0.4 is 10.5 Å². The second kappa shape index (κ2) is 12.5. The zero-order chi connectivity index (χ0) is 28.0. The smallest absolute Gasteiger partial charge is 0.310 e. The first-order valence-electron chi connectivity index (χ1n) is 13.0. The fourth-order valence-electron chi connectivity index (χ4n) is 4.23. The molecule has 2 aromatic heterocycles. The number of nitrogens with two attached hydrogens (primary N) is 1. The van der Waals surface area contributed by atoms with Crippen molar-refractivity contribution in [2.75, 3.05) is 6.61 Å². The van der Waals surface area contributed by atoms with Crippen LogP contribution in [0.25, 0.3) is 33.1 Å². The van der Waals surface area contributed by atoms with Crippen LogP contribution in [0.5, 0.6) is 5.75 Å². The number of hydrogen-bond donors (Lipinski definition) is 2. The third-order valence-electron chi connectivity index (χ3n) is 5.81. The van der Waals surface area contributed by atoms with Gasteiger partial charge in [0.1, 0.15) is 23.5 Å². The summed E-state index contributed by atoms with van der Waals surface area (Å²) in [6.07, 6.45) is 3.56. The van der Waals surface area contributed by atoms with E-state index in [0.29, 0.717) is 25.5 Å². The number of benzene rings is 3. The van der Waals surface area contributed by atoms with Gasteiger partial charge in [-0.25, -0.2) is 0 Å². The normalized spacial score (nSPS) is 11.3. The van der Waals surface area contributed by atoms with Gasteiger partial charge < -0.3 is 24.0 Å². The van der Waals surface area contributed by atoms with Gasteiger partial charge in [-0.2, -0.15) is 12.6 Å². The molecule has 0 aliphatic heterocycles. The van der Waals surface area contributed by atoms with Crippen molar-refractivity contribution in [3.63, 3.8) is 0 Å². The number of ether oxygens (including phenoxy) is 2. The Morgan fingerprint density at radius 2 is 1.72 bits per heavy atom. The van der Waals surface area contributed by atoms with Crippen molar-refractivity contribution in [2.45, 2.75) is 52.0 Å². The molecule has 0 saturated heterocycles. The first-order chi connectivity index (χ1) is 18.7. The van der Waals surface area contributed by atoms with Gasteiger partial charge in [-0.05, 0) is 36.8 Å². The molecule has 2 heterocycles. The molecule has 3 aromatic carbocycles. The van der Waals surface area contributed by atoms with Crippen molar-refractivity contribution in [3.8, 4) is 16.9 Å². The molecule has 0 bridgehead atoms. The average molecular weight is 546 g/mol. The summed E-state index contributed by atoms with van der Waals surface area (Å²) in [5.74, 6) is 0.383. The number of fused-ring (bicyclic) bond motifs is 2. The molecule has 0 radical (unpaired) electrons. The number of carbonyl (C=O) groups excluding carboxylic acids is 1. The van der Waals surface area contributed by atoms with E-state index in [2.05, 4.69) is 39.5 Å². The second-order valence-corrected chi connectivity index (χ2v) is 11.5. The monoisotopic (exact) mass is 545 g/mol. The molecule has 0 spiro atoms. The number of carbonyl (C=O) groups is 1. The minimum absolute atomic E-state index is 0.167. The zero-order valence-electron chi connectivity index (χ0n) is 22.8. The number of furan rings is 2. The maximum Gasteiger partial charge on any atom is 0.310 e. The molecular formula is C32H35NO5S. The molecule has 0 unspecified atom stereocenters. The minimum atomic E-state index is -0.274. The van der Waals surface area contributed by atoms with Gasteiger partial charge in [0.2, 0.25) is 0 Å². The minimum Gasteiger partial charge on any atom is -0.489 e. The first kappa shape index (κ1) is 28.3. The molecule has 5 rings (SSSR count). The Balaban J connectivity index is 0.000000648. The maximum absolute atomic E-state index is 12.0. The number of rotatable bonds is 8. The van der Waals surface area contributed by atoms with E-state index in [1.54, 1.807) is 19.5 Å². The van der Waals surface area contributed by atoms with Gasteiger partial charge in [-0.15, -0.1) is 0 Å². The quantitative estimate of drug-likeness (QED) is 0.153. The number of thiol groups is 1. The van der Waals surface area contributed by atoms with Gasteiger partial charge in [-0.3, -0.25) is 4.79 Å². The Labute approximate surface area is 234 Å². The Bertz CT molecular complexity index is 1550. The molecule has 204 valence electrons. The lowest BCUT2D eigenvalue weighted by Crippen LogP contribution is -2.09. The van der Waals surface area contributed by atoms with E-state index in [4.69, 9.17) is 24.0 Å². The summed E-state index contributed by atoms with van der Waals surface area (Å²) in [6.45, 7) is 9.04. The Hall–Kier alpha value is -3.68. The molecule has 6 nitrogen and oxygen atoms in total. The van der Waals surface area contributed by atoms with Crippen molar-refractivity contribution < 1.29 is 23.1 Å². The van der Waals surface area contributed by atoms with Crippen LogP contribution in [0.2, 0.25) is 0 Å². The summed E-state index contributed by atoms with van der Waals surface area (Å²) in [4.78, 5) is 12.0.